The fourth-order valence-electron chi connectivity index (χ4n) is 3.53. The van der Waals surface area contributed by atoms with Crippen molar-refractivity contribution in [1.29, 1.82) is 0 Å². The van der Waals surface area contributed by atoms with E-state index in [4.69, 9.17) is 4.74 Å². The highest BCUT2D eigenvalue weighted by Gasteiger charge is 2.15. The summed E-state index contributed by atoms with van der Waals surface area (Å²) in [4.78, 5) is 23.6. The molecule has 1 saturated heterocycles. The third-order valence-corrected chi connectivity index (χ3v) is 5.06. The molecule has 0 aliphatic carbocycles. The average molecular weight is 418 g/mol. The zero-order chi connectivity index (χ0) is 21.6. The lowest BCUT2D eigenvalue weighted by Crippen LogP contribution is -2.20. The second-order valence-corrected chi connectivity index (χ2v) is 7.74. The lowest BCUT2D eigenvalue weighted by Gasteiger charge is -2.17. The molecule has 0 radical (unpaired) electrons. The van der Waals surface area contributed by atoms with E-state index in [2.05, 4.69) is 25.5 Å². The zero-order valence-electron chi connectivity index (χ0n) is 17.9. The van der Waals surface area contributed by atoms with Crippen LogP contribution in [-0.4, -0.2) is 35.6 Å². The van der Waals surface area contributed by atoms with E-state index in [9.17, 15) is 4.79 Å². The van der Waals surface area contributed by atoms with Gasteiger partial charge in [0, 0.05) is 36.2 Å². The molecule has 31 heavy (non-hydrogen) atoms. The van der Waals surface area contributed by atoms with Crippen LogP contribution in [0.4, 0.5) is 23.1 Å². The summed E-state index contributed by atoms with van der Waals surface area (Å²) in [5.74, 6) is 2.01. The Kier molecular flexibility index (Phi) is 6.31. The second-order valence-electron chi connectivity index (χ2n) is 7.74. The fourth-order valence-corrected chi connectivity index (χ4v) is 3.53. The lowest BCUT2D eigenvalue weighted by molar-refractivity contribution is -0.118. The molecule has 1 fully saturated rings. The number of nitrogens with zero attached hydrogens (tertiary/aromatic N) is 3. The number of hydrogen-bond donors (Lipinski definition) is 2. The van der Waals surface area contributed by atoms with Gasteiger partial charge in [0.2, 0.25) is 5.95 Å². The van der Waals surface area contributed by atoms with E-state index in [0.717, 1.165) is 35.9 Å². The molecule has 2 aromatic carbocycles. The van der Waals surface area contributed by atoms with Crippen molar-refractivity contribution in [2.24, 2.45) is 0 Å². The normalized spacial score (nSPS) is 13.2. The summed E-state index contributed by atoms with van der Waals surface area (Å²) >= 11 is 0. The van der Waals surface area contributed by atoms with Gasteiger partial charge in [-0.2, -0.15) is 4.98 Å². The standard InChI is InChI=1S/C24H27N5O2/c1-17-6-5-7-21(14-17)31-16-23(30)26-19-8-10-20(11-9-19)27-24-25-18(2)15-22(28-24)29-12-3-4-13-29/h5-11,14-15H,3-4,12-13,16H2,1-2H3,(H,26,30)(H,25,27,28). The molecular weight excluding hydrogens is 390 g/mol. The van der Waals surface area contributed by atoms with Gasteiger partial charge >= 0.3 is 0 Å². The molecule has 0 spiro atoms. The third kappa shape index (κ3) is 5.72. The number of carbonyl (C=O) groups is 1. The SMILES string of the molecule is Cc1cccc(OCC(=O)Nc2ccc(Nc3nc(C)cc(N4CCCC4)n3)cc2)c1. The van der Waals surface area contributed by atoms with Gasteiger partial charge in [0.25, 0.3) is 5.91 Å². The molecule has 0 bridgehead atoms. The first-order chi connectivity index (χ1) is 15.0. The highest BCUT2D eigenvalue weighted by Crippen LogP contribution is 2.22. The van der Waals surface area contributed by atoms with E-state index >= 15 is 0 Å². The Morgan fingerprint density at radius 3 is 2.48 bits per heavy atom. The minimum absolute atomic E-state index is 0.0418. The van der Waals surface area contributed by atoms with E-state index in [0.29, 0.717) is 17.4 Å². The lowest BCUT2D eigenvalue weighted by atomic mass is 10.2. The van der Waals surface area contributed by atoms with Crippen molar-refractivity contribution in [3.63, 3.8) is 0 Å². The van der Waals surface area contributed by atoms with Crippen LogP contribution in [0.1, 0.15) is 24.1 Å². The van der Waals surface area contributed by atoms with E-state index in [1.807, 2.05) is 68.4 Å². The number of aromatic nitrogens is 2. The quantitative estimate of drug-likeness (QED) is 0.591. The molecule has 0 saturated carbocycles. The number of benzene rings is 2. The Balaban J connectivity index is 1.33. The van der Waals surface area contributed by atoms with Crippen molar-refractivity contribution in [2.75, 3.05) is 35.2 Å². The smallest absolute Gasteiger partial charge is 0.262 e. The number of hydrogen-bond acceptors (Lipinski definition) is 6. The highest BCUT2D eigenvalue weighted by molar-refractivity contribution is 5.92. The molecule has 0 atom stereocenters. The zero-order valence-corrected chi connectivity index (χ0v) is 17.9. The van der Waals surface area contributed by atoms with E-state index in [1.165, 1.54) is 12.8 Å². The molecule has 1 aliphatic heterocycles. The maximum Gasteiger partial charge on any atom is 0.262 e. The number of rotatable bonds is 7. The summed E-state index contributed by atoms with van der Waals surface area (Å²) < 4.78 is 5.54. The molecule has 1 aromatic heterocycles. The van der Waals surface area contributed by atoms with Crippen molar-refractivity contribution in [2.45, 2.75) is 26.7 Å². The highest BCUT2D eigenvalue weighted by atomic mass is 16.5. The molecule has 1 aliphatic rings. The molecule has 7 heteroatoms. The summed E-state index contributed by atoms with van der Waals surface area (Å²) in [6, 6.07) is 17.1. The Labute approximate surface area is 182 Å². The van der Waals surface area contributed by atoms with Crippen LogP contribution in [0, 0.1) is 13.8 Å². The summed E-state index contributed by atoms with van der Waals surface area (Å²) in [7, 11) is 0. The maximum atomic E-state index is 12.2. The Morgan fingerprint density at radius 1 is 1.00 bits per heavy atom. The Hall–Kier alpha value is -3.61. The topological polar surface area (TPSA) is 79.4 Å². The summed E-state index contributed by atoms with van der Waals surface area (Å²) in [5.41, 5.74) is 3.57. The number of anilines is 4. The average Bonchev–Trinajstić information content (AvgIpc) is 3.28. The van der Waals surface area contributed by atoms with Gasteiger partial charge in [-0.3, -0.25) is 4.79 Å². The van der Waals surface area contributed by atoms with Crippen molar-refractivity contribution in [3.05, 3.63) is 65.9 Å². The number of ether oxygens (including phenoxy) is 1. The van der Waals surface area contributed by atoms with E-state index in [1.54, 1.807) is 0 Å². The monoisotopic (exact) mass is 417 g/mol. The summed E-state index contributed by atoms with van der Waals surface area (Å²) in [6.07, 6.45) is 2.41. The molecule has 0 unspecified atom stereocenters. The molecule has 1 amide bonds. The van der Waals surface area contributed by atoms with Gasteiger partial charge in [0.05, 0.1) is 0 Å². The predicted molar refractivity (Wildman–Crippen MR) is 123 cm³/mol. The van der Waals surface area contributed by atoms with Crippen LogP contribution in [0.25, 0.3) is 0 Å². The number of carbonyl (C=O) groups excluding carboxylic acids is 1. The molecular formula is C24H27N5O2. The predicted octanol–water partition coefficient (Wildman–Crippen LogP) is 4.45. The first-order valence-electron chi connectivity index (χ1n) is 10.5. The van der Waals surface area contributed by atoms with Gasteiger partial charge in [-0.05, 0) is 68.7 Å². The molecule has 2 N–H and O–H groups in total. The van der Waals surface area contributed by atoms with Gasteiger partial charge in [0.1, 0.15) is 11.6 Å². The van der Waals surface area contributed by atoms with Crippen LogP contribution in [0.5, 0.6) is 5.75 Å². The largest absolute Gasteiger partial charge is 0.484 e. The maximum absolute atomic E-state index is 12.2. The molecule has 3 aromatic rings. The van der Waals surface area contributed by atoms with Gasteiger partial charge in [-0.1, -0.05) is 12.1 Å². The van der Waals surface area contributed by atoms with Crippen LogP contribution in [0.3, 0.4) is 0 Å². The minimum atomic E-state index is -0.209. The minimum Gasteiger partial charge on any atom is -0.484 e. The molecule has 4 rings (SSSR count). The van der Waals surface area contributed by atoms with Crippen molar-refractivity contribution in [1.82, 2.24) is 9.97 Å². The van der Waals surface area contributed by atoms with Gasteiger partial charge in [-0.15, -0.1) is 0 Å². The number of nitrogens with one attached hydrogen (secondary N) is 2. The Bertz CT molecular complexity index is 1050. The summed E-state index contributed by atoms with van der Waals surface area (Å²) in [5, 5.41) is 6.10. The molecule has 2 heterocycles. The van der Waals surface area contributed by atoms with Crippen LogP contribution in [0.15, 0.2) is 54.6 Å². The summed E-state index contributed by atoms with van der Waals surface area (Å²) in [6.45, 7) is 6.00. The van der Waals surface area contributed by atoms with Crippen molar-refractivity contribution < 1.29 is 9.53 Å². The number of aryl methyl sites for hydroxylation is 2. The van der Waals surface area contributed by atoms with Crippen LogP contribution in [0.2, 0.25) is 0 Å². The van der Waals surface area contributed by atoms with Crippen LogP contribution in [-0.2, 0) is 4.79 Å². The van der Waals surface area contributed by atoms with E-state index < -0.39 is 0 Å². The Morgan fingerprint density at radius 2 is 1.74 bits per heavy atom. The van der Waals surface area contributed by atoms with Crippen molar-refractivity contribution in [3.8, 4) is 5.75 Å². The van der Waals surface area contributed by atoms with Gasteiger partial charge < -0.3 is 20.3 Å². The van der Waals surface area contributed by atoms with Gasteiger partial charge in [0.15, 0.2) is 6.61 Å². The first kappa shape index (κ1) is 20.7. The fraction of sp³-hybridized carbons (Fsp3) is 0.292. The number of amides is 1. The van der Waals surface area contributed by atoms with Crippen LogP contribution >= 0.6 is 0 Å². The first-order valence-corrected chi connectivity index (χ1v) is 10.5. The molecule has 160 valence electrons. The van der Waals surface area contributed by atoms with Gasteiger partial charge in [-0.25, -0.2) is 4.98 Å². The van der Waals surface area contributed by atoms with Crippen LogP contribution < -0.4 is 20.3 Å². The molecule has 7 nitrogen and oxygen atoms in total. The second kappa shape index (κ2) is 9.47. The van der Waals surface area contributed by atoms with E-state index in [-0.39, 0.29) is 12.5 Å². The van der Waals surface area contributed by atoms with Crippen molar-refractivity contribution >= 4 is 29.0 Å². The third-order valence-electron chi connectivity index (χ3n) is 5.06.